The first-order chi connectivity index (χ1) is 8.58. The van der Waals surface area contributed by atoms with E-state index in [1.807, 2.05) is 6.92 Å². The van der Waals surface area contributed by atoms with Gasteiger partial charge in [-0.05, 0) is 36.5 Å². The molecular weight excluding hydrogens is 224 g/mol. The summed E-state index contributed by atoms with van der Waals surface area (Å²) >= 11 is 0. The largest absolute Gasteiger partial charge is 0.325 e. The number of anilines is 1. The quantitative estimate of drug-likeness (QED) is 0.857. The van der Waals surface area contributed by atoms with Crippen LogP contribution in [0.3, 0.4) is 0 Å². The lowest BCUT2D eigenvalue weighted by Gasteiger charge is -2.16. The van der Waals surface area contributed by atoms with Crippen molar-refractivity contribution >= 4 is 11.6 Å². The molecule has 0 spiro atoms. The monoisotopic (exact) mass is 246 g/mol. The van der Waals surface area contributed by atoms with E-state index >= 15 is 0 Å². The zero-order valence-electron chi connectivity index (χ0n) is 11.4. The van der Waals surface area contributed by atoms with E-state index in [1.165, 1.54) is 5.56 Å². The fourth-order valence-corrected chi connectivity index (χ4v) is 2.59. The Hall–Kier alpha value is -1.35. The minimum absolute atomic E-state index is 0.0564. The highest BCUT2D eigenvalue weighted by atomic mass is 16.2. The number of aryl methyl sites for hydroxylation is 1. The summed E-state index contributed by atoms with van der Waals surface area (Å²) in [7, 11) is 0. The van der Waals surface area contributed by atoms with E-state index < -0.39 is 0 Å². The van der Waals surface area contributed by atoms with Crippen molar-refractivity contribution in [3.8, 4) is 0 Å². The van der Waals surface area contributed by atoms with Crippen molar-refractivity contribution in [2.75, 3.05) is 5.32 Å². The number of benzene rings is 1. The zero-order valence-corrected chi connectivity index (χ0v) is 11.4. The van der Waals surface area contributed by atoms with E-state index in [4.69, 9.17) is 5.73 Å². The number of carbonyl (C=O) groups excluding carboxylic acids is 1. The van der Waals surface area contributed by atoms with Crippen molar-refractivity contribution in [1.82, 2.24) is 0 Å². The highest BCUT2D eigenvalue weighted by Gasteiger charge is 2.29. The third-order valence-electron chi connectivity index (χ3n) is 3.79. The molecule has 3 heteroatoms. The van der Waals surface area contributed by atoms with Crippen molar-refractivity contribution in [1.29, 1.82) is 0 Å². The van der Waals surface area contributed by atoms with Crippen LogP contribution in [0.1, 0.15) is 62.3 Å². The van der Waals surface area contributed by atoms with Crippen LogP contribution in [0.4, 0.5) is 5.69 Å². The maximum Gasteiger partial charge on any atom is 0.231 e. The Morgan fingerprint density at radius 1 is 1.39 bits per heavy atom. The van der Waals surface area contributed by atoms with E-state index in [0.717, 1.165) is 36.1 Å². The summed E-state index contributed by atoms with van der Waals surface area (Å²) in [6, 6.07) is 4.34. The van der Waals surface area contributed by atoms with Gasteiger partial charge in [0.1, 0.15) is 0 Å². The van der Waals surface area contributed by atoms with Crippen molar-refractivity contribution in [3.05, 3.63) is 28.8 Å². The summed E-state index contributed by atoms with van der Waals surface area (Å²) in [5.74, 6) is 0.0417. The predicted molar refractivity (Wildman–Crippen MR) is 74.7 cm³/mol. The Bertz CT molecular complexity index is 468. The van der Waals surface area contributed by atoms with Gasteiger partial charge in [0.05, 0.1) is 5.92 Å². The maximum atomic E-state index is 11.8. The van der Waals surface area contributed by atoms with Gasteiger partial charge in [-0.3, -0.25) is 4.79 Å². The SMILES string of the molecule is CCCC(N)c1cc(CC)c2c(c1)C(C)C(=O)N2. The Morgan fingerprint density at radius 3 is 2.72 bits per heavy atom. The summed E-state index contributed by atoms with van der Waals surface area (Å²) in [6.07, 6.45) is 2.98. The highest BCUT2D eigenvalue weighted by molar-refractivity contribution is 6.03. The molecule has 2 rings (SSSR count). The first-order valence-electron chi connectivity index (χ1n) is 6.81. The average Bonchev–Trinajstić information content (AvgIpc) is 2.65. The Kier molecular flexibility index (Phi) is 3.71. The Labute approximate surface area is 109 Å². The van der Waals surface area contributed by atoms with Gasteiger partial charge in [-0.1, -0.05) is 32.4 Å². The van der Waals surface area contributed by atoms with Crippen molar-refractivity contribution in [2.24, 2.45) is 5.73 Å². The normalized spacial score (nSPS) is 19.6. The number of amides is 1. The lowest BCUT2D eigenvalue weighted by atomic mass is 9.92. The molecule has 0 bridgehead atoms. The second-order valence-electron chi connectivity index (χ2n) is 5.10. The molecule has 0 fully saturated rings. The number of rotatable bonds is 4. The molecule has 3 N–H and O–H groups in total. The topological polar surface area (TPSA) is 55.1 Å². The summed E-state index contributed by atoms with van der Waals surface area (Å²) in [4.78, 5) is 11.8. The van der Waals surface area contributed by atoms with Gasteiger partial charge in [0.25, 0.3) is 0 Å². The molecule has 1 aromatic rings. The first kappa shape index (κ1) is 13.1. The van der Waals surface area contributed by atoms with Crippen LogP contribution < -0.4 is 11.1 Å². The molecule has 18 heavy (non-hydrogen) atoms. The van der Waals surface area contributed by atoms with E-state index in [1.54, 1.807) is 0 Å². The fourth-order valence-electron chi connectivity index (χ4n) is 2.59. The molecule has 2 unspecified atom stereocenters. The zero-order chi connectivity index (χ0) is 13.3. The molecule has 1 aliphatic heterocycles. The lowest BCUT2D eigenvalue weighted by molar-refractivity contribution is -0.116. The van der Waals surface area contributed by atoms with Gasteiger partial charge in [-0.2, -0.15) is 0 Å². The second-order valence-corrected chi connectivity index (χ2v) is 5.10. The molecule has 2 atom stereocenters. The second kappa shape index (κ2) is 5.11. The van der Waals surface area contributed by atoms with Crippen LogP contribution in [0, 0.1) is 0 Å². The van der Waals surface area contributed by atoms with Gasteiger partial charge in [0, 0.05) is 11.7 Å². The van der Waals surface area contributed by atoms with Crippen LogP contribution in [0.2, 0.25) is 0 Å². The summed E-state index contributed by atoms with van der Waals surface area (Å²) in [5.41, 5.74) is 10.7. The standard InChI is InChI=1S/C15H22N2O/c1-4-6-13(16)11-7-10(5-2)14-12(8-11)9(3)15(18)17-14/h7-9,13H,4-6,16H2,1-3H3,(H,17,18). The van der Waals surface area contributed by atoms with Crippen LogP contribution in [0.15, 0.2) is 12.1 Å². The Morgan fingerprint density at radius 2 is 2.11 bits per heavy atom. The predicted octanol–water partition coefficient (Wildman–Crippen LogP) is 3.10. The van der Waals surface area contributed by atoms with E-state index in [-0.39, 0.29) is 17.9 Å². The third-order valence-corrected chi connectivity index (χ3v) is 3.79. The van der Waals surface area contributed by atoms with Gasteiger partial charge in [0.15, 0.2) is 0 Å². The third kappa shape index (κ3) is 2.15. The molecule has 3 nitrogen and oxygen atoms in total. The minimum atomic E-state index is -0.0564. The molecule has 0 aliphatic carbocycles. The van der Waals surface area contributed by atoms with Crippen LogP contribution in [-0.2, 0) is 11.2 Å². The van der Waals surface area contributed by atoms with Gasteiger partial charge in [-0.15, -0.1) is 0 Å². The van der Waals surface area contributed by atoms with Gasteiger partial charge >= 0.3 is 0 Å². The maximum absolute atomic E-state index is 11.8. The van der Waals surface area contributed by atoms with Crippen molar-refractivity contribution in [3.63, 3.8) is 0 Å². The summed E-state index contributed by atoms with van der Waals surface area (Å²) in [5, 5.41) is 2.99. The molecule has 0 saturated carbocycles. The fraction of sp³-hybridized carbons (Fsp3) is 0.533. The van der Waals surface area contributed by atoms with Gasteiger partial charge in [-0.25, -0.2) is 0 Å². The van der Waals surface area contributed by atoms with E-state index in [0.29, 0.717) is 0 Å². The molecule has 0 radical (unpaired) electrons. The highest BCUT2D eigenvalue weighted by Crippen LogP contribution is 2.37. The number of carbonyl (C=O) groups is 1. The van der Waals surface area contributed by atoms with Crippen molar-refractivity contribution < 1.29 is 4.79 Å². The smallest absolute Gasteiger partial charge is 0.231 e. The molecule has 1 aliphatic rings. The molecule has 1 heterocycles. The molecule has 0 aromatic heterocycles. The van der Waals surface area contributed by atoms with E-state index in [9.17, 15) is 4.79 Å². The average molecular weight is 246 g/mol. The number of nitrogens with two attached hydrogens (primary N) is 1. The lowest BCUT2D eigenvalue weighted by Crippen LogP contribution is -2.11. The molecule has 98 valence electrons. The first-order valence-corrected chi connectivity index (χ1v) is 6.81. The Balaban J connectivity index is 2.45. The summed E-state index contributed by atoms with van der Waals surface area (Å²) < 4.78 is 0. The van der Waals surface area contributed by atoms with Crippen LogP contribution in [-0.4, -0.2) is 5.91 Å². The van der Waals surface area contributed by atoms with E-state index in [2.05, 4.69) is 31.3 Å². The summed E-state index contributed by atoms with van der Waals surface area (Å²) in [6.45, 7) is 6.21. The number of hydrogen-bond acceptors (Lipinski definition) is 2. The van der Waals surface area contributed by atoms with Crippen molar-refractivity contribution in [2.45, 2.75) is 52.0 Å². The van der Waals surface area contributed by atoms with Gasteiger partial charge in [0.2, 0.25) is 5.91 Å². The number of nitrogens with one attached hydrogen (secondary N) is 1. The minimum Gasteiger partial charge on any atom is -0.325 e. The van der Waals surface area contributed by atoms with Crippen LogP contribution in [0.5, 0.6) is 0 Å². The number of hydrogen-bond donors (Lipinski definition) is 2. The molecule has 0 saturated heterocycles. The van der Waals surface area contributed by atoms with Gasteiger partial charge < -0.3 is 11.1 Å². The number of fused-ring (bicyclic) bond motifs is 1. The molecule has 1 aromatic carbocycles. The van der Waals surface area contributed by atoms with Crippen LogP contribution >= 0.6 is 0 Å². The van der Waals surface area contributed by atoms with Crippen LogP contribution in [0.25, 0.3) is 0 Å². The molecule has 1 amide bonds. The molecular formula is C15H22N2O.